The third kappa shape index (κ3) is 2.63. The van der Waals surface area contributed by atoms with E-state index in [0.717, 1.165) is 22.4 Å². The number of ether oxygens (including phenoxy) is 1. The van der Waals surface area contributed by atoms with E-state index < -0.39 is 0 Å². The predicted octanol–water partition coefficient (Wildman–Crippen LogP) is 2.57. The zero-order chi connectivity index (χ0) is 13.0. The van der Waals surface area contributed by atoms with Gasteiger partial charge in [0.15, 0.2) is 0 Å². The first kappa shape index (κ1) is 12.5. The van der Waals surface area contributed by atoms with E-state index in [2.05, 4.69) is 0 Å². The highest BCUT2D eigenvalue weighted by Gasteiger charge is 2.04. The summed E-state index contributed by atoms with van der Waals surface area (Å²) in [6.07, 6.45) is 0.670. The summed E-state index contributed by atoms with van der Waals surface area (Å²) in [7, 11) is 1.65. The van der Waals surface area contributed by atoms with Crippen molar-refractivity contribution >= 4 is 0 Å². The minimum absolute atomic E-state index is 0.298. The molecule has 0 aliphatic heterocycles. The van der Waals surface area contributed by atoms with Gasteiger partial charge in [-0.05, 0) is 53.9 Å². The molecule has 18 heavy (non-hydrogen) atoms. The fourth-order valence-electron chi connectivity index (χ4n) is 1.92. The summed E-state index contributed by atoms with van der Waals surface area (Å²) in [5, 5.41) is 9.73. The first-order chi connectivity index (χ1) is 8.74. The molecule has 3 N–H and O–H groups in total. The number of benzene rings is 2. The van der Waals surface area contributed by atoms with Crippen molar-refractivity contribution in [3.05, 3.63) is 48.0 Å². The molecule has 0 spiro atoms. The van der Waals surface area contributed by atoms with Gasteiger partial charge >= 0.3 is 0 Å². The third-order valence-corrected chi connectivity index (χ3v) is 2.90. The van der Waals surface area contributed by atoms with E-state index in [1.807, 2.05) is 36.4 Å². The van der Waals surface area contributed by atoms with E-state index in [-0.39, 0.29) is 0 Å². The molecular formula is C15H17NO2. The molecule has 0 saturated carbocycles. The Morgan fingerprint density at radius 1 is 1.11 bits per heavy atom. The molecule has 0 fully saturated rings. The molecule has 0 unspecified atom stereocenters. The number of rotatable bonds is 4. The van der Waals surface area contributed by atoms with Crippen molar-refractivity contribution in [3.8, 4) is 22.6 Å². The Morgan fingerprint density at radius 3 is 2.61 bits per heavy atom. The lowest BCUT2D eigenvalue weighted by molar-refractivity contribution is 0.415. The molecular weight excluding hydrogens is 226 g/mol. The van der Waals surface area contributed by atoms with Gasteiger partial charge in [0.2, 0.25) is 0 Å². The van der Waals surface area contributed by atoms with Crippen molar-refractivity contribution in [1.29, 1.82) is 0 Å². The molecule has 0 amide bonds. The van der Waals surface area contributed by atoms with Crippen LogP contribution in [0.1, 0.15) is 5.56 Å². The highest BCUT2D eigenvalue weighted by Crippen LogP contribution is 2.28. The smallest absolute Gasteiger partial charge is 0.119 e. The van der Waals surface area contributed by atoms with Crippen LogP contribution in [0, 0.1) is 0 Å². The van der Waals surface area contributed by atoms with Gasteiger partial charge < -0.3 is 15.6 Å². The second kappa shape index (κ2) is 5.56. The maximum Gasteiger partial charge on any atom is 0.119 e. The molecule has 0 aliphatic carbocycles. The van der Waals surface area contributed by atoms with Crippen LogP contribution in [0.25, 0.3) is 11.1 Å². The van der Waals surface area contributed by atoms with Gasteiger partial charge in [-0.25, -0.2) is 0 Å². The molecule has 3 heteroatoms. The van der Waals surface area contributed by atoms with Crippen LogP contribution >= 0.6 is 0 Å². The molecule has 2 rings (SSSR count). The van der Waals surface area contributed by atoms with Gasteiger partial charge in [-0.15, -0.1) is 0 Å². The standard InChI is InChI=1S/C15H17NO2/c1-18-14-4-2-3-11(10-14)12-5-6-15(17)13(9-12)7-8-16/h2-6,9-10,17H,7-8,16H2,1H3. The van der Waals surface area contributed by atoms with E-state index in [0.29, 0.717) is 18.7 Å². The Morgan fingerprint density at radius 2 is 1.89 bits per heavy atom. The fourth-order valence-corrected chi connectivity index (χ4v) is 1.92. The highest BCUT2D eigenvalue weighted by atomic mass is 16.5. The van der Waals surface area contributed by atoms with Crippen molar-refractivity contribution in [2.45, 2.75) is 6.42 Å². The van der Waals surface area contributed by atoms with Crippen LogP contribution in [0.5, 0.6) is 11.5 Å². The van der Waals surface area contributed by atoms with Crippen molar-refractivity contribution in [3.63, 3.8) is 0 Å². The molecule has 0 bridgehead atoms. The Hall–Kier alpha value is -2.00. The van der Waals surface area contributed by atoms with Gasteiger partial charge in [0.1, 0.15) is 11.5 Å². The van der Waals surface area contributed by atoms with Crippen LogP contribution in [-0.4, -0.2) is 18.8 Å². The summed E-state index contributed by atoms with van der Waals surface area (Å²) in [6.45, 7) is 0.523. The van der Waals surface area contributed by atoms with E-state index in [4.69, 9.17) is 10.5 Å². The van der Waals surface area contributed by atoms with Crippen LogP contribution in [0.3, 0.4) is 0 Å². The summed E-state index contributed by atoms with van der Waals surface area (Å²) in [5.74, 6) is 1.12. The van der Waals surface area contributed by atoms with Gasteiger partial charge in [0, 0.05) is 0 Å². The van der Waals surface area contributed by atoms with Crippen LogP contribution < -0.4 is 10.5 Å². The average molecular weight is 243 g/mol. The summed E-state index contributed by atoms with van der Waals surface area (Å²) in [5.41, 5.74) is 8.52. The number of hydrogen-bond donors (Lipinski definition) is 2. The summed E-state index contributed by atoms with van der Waals surface area (Å²) in [6, 6.07) is 13.4. The number of hydrogen-bond acceptors (Lipinski definition) is 3. The number of methoxy groups -OCH3 is 1. The lowest BCUT2D eigenvalue weighted by Crippen LogP contribution is -2.02. The Kier molecular flexibility index (Phi) is 3.85. The normalized spacial score (nSPS) is 10.3. The topological polar surface area (TPSA) is 55.5 Å². The SMILES string of the molecule is COc1cccc(-c2ccc(O)c(CCN)c2)c1. The average Bonchev–Trinajstić information content (AvgIpc) is 2.41. The van der Waals surface area contributed by atoms with Crippen molar-refractivity contribution in [2.75, 3.05) is 13.7 Å². The van der Waals surface area contributed by atoms with Gasteiger partial charge in [-0.3, -0.25) is 0 Å². The number of nitrogens with two attached hydrogens (primary N) is 1. The monoisotopic (exact) mass is 243 g/mol. The highest BCUT2D eigenvalue weighted by molar-refractivity contribution is 5.67. The number of phenols is 1. The summed E-state index contributed by atoms with van der Waals surface area (Å²) >= 11 is 0. The van der Waals surface area contributed by atoms with Crippen LogP contribution in [0.2, 0.25) is 0 Å². The summed E-state index contributed by atoms with van der Waals surface area (Å²) in [4.78, 5) is 0. The van der Waals surface area contributed by atoms with Gasteiger partial charge in [0.25, 0.3) is 0 Å². The maximum absolute atomic E-state index is 9.73. The maximum atomic E-state index is 9.73. The van der Waals surface area contributed by atoms with E-state index in [1.165, 1.54) is 0 Å². The zero-order valence-electron chi connectivity index (χ0n) is 10.4. The van der Waals surface area contributed by atoms with Crippen LogP contribution in [-0.2, 0) is 6.42 Å². The molecule has 0 atom stereocenters. The summed E-state index contributed by atoms with van der Waals surface area (Å²) < 4.78 is 5.21. The predicted molar refractivity (Wildman–Crippen MR) is 72.9 cm³/mol. The quantitative estimate of drug-likeness (QED) is 0.867. The first-order valence-electron chi connectivity index (χ1n) is 5.91. The van der Waals surface area contributed by atoms with Gasteiger partial charge in [-0.1, -0.05) is 18.2 Å². The minimum atomic E-state index is 0.298. The van der Waals surface area contributed by atoms with E-state index in [9.17, 15) is 5.11 Å². The number of phenolic OH excluding ortho intramolecular Hbond substituents is 1. The molecule has 0 heterocycles. The van der Waals surface area contributed by atoms with Crippen LogP contribution in [0.15, 0.2) is 42.5 Å². The Balaban J connectivity index is 2.40. The largest absolute Gasteiger partial charge is 0.508 e. The second-order valence-electron chi connectivity index (χ2n) is 4.11. The Labute approximate surface area is 107 Å². The van der Waals surface area contributed by atoms with Gasteiger partial charge in [0.05, 0.1) is 7.11 Å². The molecule has 0 aliphatic rings. The van der Waals surface area contributed by atoms with E-state index >= 15 is 0 Å². The third-order valence-electron chi connectivity index (χ3n) is 2.90. The van der Waals surface area contributed by atoms with Crippen molar-refractivity contribution in [2.24, 2.45) is 5.73 Å². The molecule has 0 saturated heterocycles. The lowest BCUT2D eigenvalue weighted by atomic mass is 10.0. The molecule has 2 aromatic rings. The zero-order valence-corrected chi connectivity index (χ0v) is 10.4. The Bertz CT molecular complexity index is 538. The van der Waals surface area contributed by atoms with Crippen LogP contribution in [0.4, 0.5) is 0 Å². The molecule has 2 aromatic carbocycles. The van der Waals surface area contributed by atoms with Crippen molar-refractivity contribution < 1.29 is 9.84 Å². The van der Waals surface area contributed by atoms with Crippen molar-refractivity contribution in [1.82, 2.24) is 0 Å². The molecule has 3 nitrogen and oxygen atoms in total. The van der Waals surface area contributed by atoms with E-state index in [1.54, 1.807) is 13.2 Å². The van der Waals surface area contributed by atoms with Gasteiger partial charge in [-0.2, -0.15) is 0 Å². The minimum Gasteiger partial charge on any atom is -0.508 e. The number of aromatic hydroxyl groups is 1. The molecule has 0 radical (unpaired) electrons. The first-order valence-corrected chi connectivity index (χ1v) is 5.91. The lowest BCUT2D eigenvalue weighted by Gasteiger charge is -2.08. The fraction of sp³-hybridized carbons (Fsp3) is 0.200. The second-order valence-corrected chi connectivity index (χ2v) is 4.11. The molecule has 94 valence electrons. The molecule has 0 aromatic heterocycles.